The van der Waals surface area contributed by atoms with Crippen molar-refractivity contribution in [3.63, 3.8) is 0 Å². The molecule has 4 rings (SSSR count). The summed E-state index contributed by atoms with van der Waals surface area (Å²) < 4.78 is 26.4. The van der Waals surface area contributed by atoms with E-state index in [4.69, 9.17) is 28.3 Å². The summed E-state index contributed by atoms with van der Waals surface area (Å²) in [5.74, 6) is -0.373. The quantitative estimate of drug-likeness (QED) is 0.687. The molecular formula is C17H14Cl2F2N4O2. The minimum absolute atomic E-state index is 0.280. The van der Waals surface area contributed by atoms with Gasteiger partial charge in [-0.1, -0.05) is 23.2 Å². The van der Waals surface area contributed by atoms with Crippen molar-refractivity contribution in [2.24, 2.45) is 0 Å². The van der Waals surface area contributed by atoms with E-state index in [-0.39, 0.29) is 17.5 Å². The highest BCUT2D eigenvalue weighted by Crippen LogP contribution is 2.42. The first-order chi connectivity index (χ1) is 12.9. The van der Waals surface area contributed by atoms with Gasteiger partial charge in [0.15, 0.2) is 0 Å². The highest BCUT2D eigenvalue weighted by atomic mass is 35.5. The van der Waals surface area contributed by atoms with Crippen molar-refractivity contribution in [1.29, 1.82) is 0 Å². The Labute approximate surface area is 162 Å². The van der Waals surface area contributed by atoms with Gasteiger partial charge in [-0.05, 0) is 11.6 Å². The molecule has 0 spiro atoms. The molecule has 0 saturated carbocycles. The lowest BCUT2D eigenvalue weighted by molar-refractivity contribution is -0.135. The molecule has 1 aliphatic heterocycles. The van der Waals surface area contributed by atoms with Crippen LogP contribution in [0.4, 0.5) is 8.78 Å². The first-order valence-electron chi connectivity index (χ1n) is 8.13. The van der Waals surface area contributed by atoms with Crippen molar-refractivity contribution in [3.8, 4) is 11.1 Å². The van der Waals surface area contributed by atoms with Crippen LogP contribution in [0.2, 0.25) is 10.0 Å². The van der Waals surface area contributed by atoms with E-state index < -0.39 is 13.2 Å². The highest BCUT2D eigenvalue weighted by Gasteiger charge is 2.27. The zero-order chi connectivity index (χ0) is 19.3. The molecule has 0 bridgehead atoms. The van der Waals surface area contributed by atoms with Crippen molar-refractivity contribution in [2.75, 3.05) is 13.2 Å². The average Bonchev–Trinajstić information content (AvgIpc) is 3.29. The molecule has 3 heterocycles. The van der Waals surface area contributed by atoms with Crippen LogP contribution < -0.4 is 0 Å². The van der Waals surface area contributed by atoms with E-state index in [0.717, 1.165) is 11.3 Å². The van der Waals surface area contributed by atoms with Crippen molar-refractivity contribution in [2.45, 2.75) is 19.5 Å². The number of hydrogen-bond donors (Lipinski definition) is 2. The van der Waals surface area contributed by atoms with Crippen molar-refractivity contribution in [3.05, 3.63) is 39.8 Å². The Kier molecular flexibility index (Phi) is 4.57. The number of amides is 1. The maximum Gasteiger partial charge on any atom is 0.333 e. The van der Waals surface area contributed by atoms with Gasteiger partial charge in [0.05, 0.1) is 21.8 Å². The number of carbonyl (C=O) groups excluding carboxylic acids is 1. The summed E-state index contributed by atoms with van der Waals surface area (Å²) in [5.41, 5.74) is 3.38. The normalized spacial score (nSPS) is 14.2. The lowest BCUT2D eigenvalue weighted by Crippen LogP contribution is -2.37. The van der Waals surface area contributed by atoms with E-state index in [1.165, 1.54) is 12.4 Å². The smallest absolute Gasteiger partial charge is 0.333 e. The number of H-pyrrole nitrogens is 1. The average molecular weight is 415 g/mol. The van der Waals surface area contributed by atoms with E-state index in [2.05, 4.69) is 10.1 Å². The van der Waals surface area contributed by atoms with Gasteiger partial charge in [0, 0.05) is 47.9 Å². The largest absolute Gasteiger partial charge is 0.387 e. The van der Waals surface area contributed by atoms with Crippen LogP contribution in [0.1, 0.15) is 17.8 Å². The van der Waals surface area contributed by atoms with Gasteiger partial charge in [0.25, 0.3) is 0 Å². The number of nitrogens with one attached hydrogen (secondary N) is 1. The Balaban J connectivity index is 1.93. The predicted octanol–water partition coefficient (Wildman–Crippen LogP) is 3.61. The Bertz CT molecular complexity index is 1050. The van der Waals surface area contributed by atoms with Gasteiger partial charge < -0.3 is 15.0 Å². The zero-order valence-electron chi connectivity index (χ0n) is 13.8. The molecule has 0 atom stereocenters. The molecule has 0 radical (unpaired) electrons. The number of hydrogen-bond acceptors (Lipinski definition) is 3. The van der Waals surface area contributed by atoms with Crippen LogP contribution in [0.15, 0.2) is 18.5 Å². The fourth-order valence-corrected chi connectivity index (χ4v) is 3.86. The van der Waals surface area contributed by atoms with Crippen molar-refractivity contribution < 1.29 is 18.7 Å². The van der Waals surface area contributed by atoms with Crippen LogP contribution in [-0.2, 0) is 17.8 Å². The lowest BCUT2D eigenvalue weighted by atomic mass is 9.98. The number of nitrogens with zero attached hydrogens (tertiary/aromatic N) is 3. The molecule has 142 valence electrons. The third-order valence-corrected chi connectivity index (χ3v) is 5.53. The number of halogens is 4. The fraction of sp³-hybridized carbons (Fsp3) is 0.294. The SMILES string of the molecule is O=C(CO)N1CCc2[nH]c3c(Cl)c(Cl)cc(-c4cnn(C(F)F)c4)c3c2C1. The molecule has 2 aromatic heterocycles. The number of aromatic nitrogens is 3. The van der Waals surface area contributed by atoms with E-state index in [1.807, 2.05) is 0 Å². The summed E-state index contributed by atoms with van der Waals surface area (Å²) >= 11 is 12.6. The van der Waals surface area contributed by atoms with E-state index in [9.17, 15) is 13.6 Å². The topological polar surface area (TPSA) is 74.2 Å². The van der Waals surface area contributed by atoms with Gasteiger partial charge in [0.1, 0.15) is 6.61 Å². The van der Waals surface area contributed by atoms with Crippen LogP contribution in [-0.4, -0.2) is 43.8 Å². The van der Waals surface area contributed by atoms with Crippen LogP contribution in [0.3, 0.4) is 0 Å². The second kappa shape index (κ2) is 6.78. The Morgan fingerprint density at radius 1 is 1.41 bits per heavy atom. The van der Waals surface area contributed by atoms with E-state index >= 15 is 0 Å². The number of alkyl halides is 2. The number of rotatable bonds is 3. The predicted molar refractivity (Wildman–Crippen MR) is 97.0 cm³/mol. The molecule has 1 aliphatic rings. The summed E-state index contributed by atoms with van der Waals surface area (Å²) in [6.07, 6.45) is 3.13. The maximum atomic E-state index is 12.9. The van der Waals surface area contributed by atoms with E-state index in [0.29, 0.717) is 44.7 Å². The summed E-state index contributed by atoms with van der Waals surface area (Å²) in [5, 5.41) is 14.2. The van der Waals surface area contributed by atoms with Crippen LogP contribution >= 0.6 is 23.2 Å². The molecular weight excluding hydrogens is 401 g/mol. The number of aromatic amines is 1. The molecule has 6 nitrogen and oxygen atoms in total. The molecule has 0 saturated heterocycles. The van der Waals surface area contributed by atoms with Crippen LogP contribution in [0.25, 0.3) is 22.0 Å². The molecule has 10 heteroatoms. The van der Waals surface area contributed by atoms with Crippen molar-refractivity contribution in [1.82, 2.24) is 19.7 Å². The second-order valence-electron chi connectivity index (χ2n) is 6.26. The second-order valence-corrected chi connectivity index (χ2v) is 7.05. The standard InChI is InChI=1S/C17H14Cl2F2N4O2/c18-11-3-9(8-4-22-25(5-8)17(20)21)14-10-6-24(13(27)7-26)2-1-12(10)23-16(14)15(11)19/h3-5,17,23,26H,1-2,6-7H2. The number of aliphatic hydroxyl groups is 1. The summed E-state index contributed by atoms with van der Waals surface area (Å²) in [4.78, 5) is 16.7. The minimum Gasteiger partial charge on any atom is -0.387 e. The summed E-state index contributed by atoms with van der Waals surface area (Å²) in [6.45, 7) is -2.58. The maximum absolute atomic E-state index is 12.9. The molecule has 0 fully saturated rings. The van der Waals surface area contributed by atoms with Gasteiger partial charge in [0.2, 0.25) is 5.91 Å². The molecule has 1 aromatic carbocycles. The lowest BCUT2D eigenvalue weighted by Gasteiger charge is -2.26. The first kappa shape index (κ1) is 18.2. The minimum atomic E-state index is -2.75. The molecule has 27 heavy (non-hydrogen) atoms. The Hall–Kier alpha value is -2.16. The molecule has 0 unspecified atom stereocenters. The summed E-state index contributed by atoms with van der Waals surface area (Å²) in [7, 11) is 0. The molecule has 2 N–H and O–H groups in total. The Morgan fingerprint density at radius 3 is 2.85 bits per heavy atom. The van der Waals surface area contributed by atoms with Crippen molar-refractivity contribution >= 4 is 40.0 Å². The number of fused-ring (bicyclic) bond motifs is 3. The molecule has 0 aliphatic carbocycles. The molecule has 3 aromatic rings. The number of aliphatic hydroxyl groups excluding tert-OH is 1. The van der Waals surface area contributed by atoms with Gasteiger partial charge in [-0.2, -0.15) is 13.9 Å². The third kappa shape index (κ3) is 2.97. The van der Waals surface area contributed by atoms with Gasteiger partial charge in [-0.15, -0.1) is 0 Å². The van der Waals surface area contributed by atoms with E-state index in [1.54, 1.807) is 11.0 Å². The van der Waals surface area contributed by atoms with Gasteiger partial charge in [-0.3, -0.25) is 4.79 Å². The number of benzene rings is 1. The van der Waals surface area contributed by atoms with Gasteiger partial charge >= 0.3 is 6.55 Å². The third-order valence-electron chi connectivity index (χ3n) is 4.74. The monoisotopic (exact) mass is 414 g/mol. The first-order valence-corrected chi connectivity index (χ1v) is 8.89. The van der Waals surface area contributed by atoms with Gasteiger partial charge in [-0.25, -0.2) is 4.68 Å². The number of carbonyl (C=O) groups is 1. The summed E-state index contributed by atoms with van der Waals surface area (Å²) in [6, 6.07) is 1.61. The molecule has 1 amide bonds. The fourth-order valence-electron chi connectivity index (χ4n) is 3.46. The van der Waals surface area contributed by atoms with Crippen LogP contribution in [0, 0.1) is 0 Å². The Morgan fingerprint density at radius 2 is 2.19 bits per heavy atom. The zero-order valence-corrected chi connectivity index (χ0v) is 15.4. The van der Waals surface area contributed by atoms with Crippen LogP contribution in [0.5, 0.6) is 0 Å². The highest BCUT2D eigenvalue weighted by molar-refractivity contribution is 6.45.